The van der Waals surface area contributed by atoms with E-state index in [0.717, 1.165) is 18.4 Å². The molecule has 3 heterocycles. The molecule has 1 aliphatic rings. The molecule has 0 spiro atoms. The first-order valence-electron chi connectivity index (χ1n) is 10.5. The van der Waals surface area contributed by atoms with Gasteiger partial charge in [0.25, 0.3) is 5.91 Å². The third kappa shape index (κ3) is 5.27. The monoisotopic (exact) mass is 418 g/mol. The molecule has 0 bridgehead atoms. The minimum Gasteiger partial charge on any atom is -0.427 e. The molecule has 160 valence electrons. The lowest BCUT2D eigenvalue weighted by Crippen LogP contribution is -2.42. The summed E-state index contributed by atoms with van der Waals surface area (Å²) in [4.78, 5) is 29.5. The number of ether oxygens (including phenoxy) is 1. The summed E-state index contributed by atoms with van der Waals surface area (Å²) in [5, 5.41) is 2.98. The van der Waals surface area contributed by atoms with Gasteiger partial charge in [0.1, 0.15) is 11.3 Å². The largest absolute Gasteiger partial charge is 0.427 e. The Balaban J connectivity index is 1.42. The Morgan fingerprint density at radius 1 is 1.06 bits per heavy atom. The van der Waals surface area contributed by atoms with E-state index in [4.69, 9.17) is 9.15 Å². The van der Waals surface area contributed by atoms with E-state index in [1.807, 2.05) is 42.5 Å². The highest BCUT2D eigenvalue weighted by atomic mass is 16.5. The van der Waals surface area contributed by atoms with Crippen LogP contribution in [0.5, 0.6) is 0 Å². The number of carbonyl (C=O) groups is 1. The number of amides is 1. The molecule has 4 rings (SSSR count). The average molecular weight is 418 g/mol. The van der Waals surface area contributed by atoms with Crippen molar-refractivity contribution in [2.24, 2.45) is 5.92 Å². The van der Waals surface area contributed by atoms with Crippen molar-refractivity contribution in [3.8, 4) is 0 Å². The minimum absolute atomic E-state index is 0.0676. The fourth-order valence-corrected chi connectivity index (χ4v) is 4.00. The first kappa shape index (κ1) is 21.0. The molecule has 1 amide bonds. The second kappa shape index (κ2) is 9.71. The first-order chi connectivity index (χ1) is 15.1. The molecule has 1 saturated heterocycles. The molecule has 1 aliphatic heterocycles. The van der Waals surface area contributed by atoms with E-state index in [2.05, 4.69) is 10.3 Å². The number of pyridine rings is 1. The summed E-state index contributed by atoms with van der Waals surface area (Å²) in [6.07, 6.45) is 5.66. The van der Waals surface area contributed by atoms with Crippen LogP contribution in [-0.4, -0.2) is 30.1 Å². The van der Waals surface area contributed by atoms with Gasteiger partial charge in [-0.25, -0.2) is 4.79 Å². The Bertz CT molecular complexity index is 1080. The first-order valence-corrected chi connectivity index (χ1v) is 10.5. The number of carbonyl (C=O) groups excluding carboxylic acids is 1. The van der Waals surface area contributed by atoms with Crippen LogP contribution >= 0.6 is 0 Å². The van der Waals surface area contributed by atoms with Crippen LogP contribution in [0, 0.1) is 12.8 Å². The maximum Gasteiger partial charge on any atom is 0.349 e. The summed E-state index contributed by atoms with van der Waals surface area (Å²) in [7, 11) is 0. The second-order valence-electron chi connectivity index (χ2n) is 7.98. The summed E-state index contributed by atoms with van der Waals surface area (Å²) < 4.78 is 11.1. The standard InChI is InChI=1S/C25H26N2O4/c1-17-13-21(8-7-18-5-3-2-4-6-18)31-25(29)23(17)24(28)27-22-16-30-15-20(22)14-19-9-11-26-12-10-19/h2-6,9-13,20,22H,7-8,14-16H2,1H3,(H,27,28)/t20-,22+/m1/s1. The number of rotatable bonds is 7. The lowest BCUT2D eigenvalue weighted by Gasteiger charge is -2.19. The summed E-state index contributed by atoms with van der Waals surface area (Å²) in [5.41, 5.74) is 2.42. The van der Waals surface area contributed by atoms with Crippen LogP contribution in [-0.2, 0) is 24.0 Å². The molecular formula is C25H26N2O4. The fourth-order valence-electron chi connectivity index (χ4n) is 4.00. The average Bonchev–Trinajstić information content (AvgIpc) is 3.19. The highest BCUT2D eigenvalue weighted by Gasteiger charge is 2.31. The van der Waals surface area contributed by atoms with Gasteiger partial charge < -0.3 is 14.5 Å². The summed E-state index contributed by atoms with van der Waals surface area (Å²) in [6, 6.07) is 15.6. The molecule has 6 heteroatoms. The molecular weight excluding hydrogens is 392 g/mol. The van der Waals surface area contributed by atoms with Crippen LogP contribution in [0.15, 0.2) is 70.1 Å². The molecule has 0 radical (unpaired) electrons. The maximum atomic E-state index is 12.9. The van der Waals surface area contributed by atoms with Gasteiger partial charge in [0.15, 0.2) is 0 Å². The maximum absolute atomic E-state index is 12.9. The smallest absolute Gasteiger partial charge is 0.349 e. The van der Waals surface area contributed by atoms with Gasteiger partial charge in [-0.05, 0) is 54.7 Å². The van der Waals surface area contributed by atoms with Crippen LogP contribution in [0.25, 0.3) is 0 Å². The van der Waals surface area contributed by atoms with E-state index in [1.54, 1.807) is 25.4 Å². The van der Waals surface area contributed by atoms with E-state index >= 15 is 0 Å². The quantitative estimate of drug-likeness (QED) is 0.638. The van der Waals surface area contributed by atoms with Gasteiger partial charge in [0.2, 0.25) is 0 Å². The van der Waals surface area contributed by atoms with Crippen molar-refractivity contribution >= 4 is 5.91 Å². The third-order valence-corrected chi connectivity index (χ3v) is 5.69. The molecule has 6 nitrogen and oxygen atoms in total. The molecule has 31 heavy (non-hydrogen) atoms. The zero-order valence-electron chi connectivity index (χ0n) is 17.5. The predicted molar refractivity (Wildman–Crippen MR) is 117 cm³/mol. The zero-order chi connectivity index (χ0) is 21.6. The van der Waals surface area contributed by atoms with Crippen molar-refractivity contribution < 1.29 is 13.9 Å². The van der Waals surface area contributed by atoms with Crippen LogP contribution in [0.2, 0.25) is 0 Å². The number of hydrogen-bond donors (Lipinski definition) is 1. The van der Waals surface area contributed by atoms with Gasteiger partial charge in [-0.2, -0.15) is 0 Å². The topological polar surface area (TPSA) is 81.4 Å². The Morgan fingerprint density at radius 2 is 1.84 bits per heavy atom. The molecule has 1 N–H and O–H groups in total. The number of nitrogens with one attached hydrogen (secondary N) is 1. The van der Waals surface area contributed by atoms with Crippen molar-refractivity contribution in [1.29, 1.82) is 0 Å². The number of aryl methyl sites for hydroxylation is 3. The number of hydrogen-bond acceptors (Lipinski definition) is 5. The van der Waals surface area contributed by atoms with E-state index in [9.17, 15) is 9.59 Å². The van der Waals surface area contributed by atoms with Crippen molar-refractivity contribution in [3.05, 3.63) is 99.4 Å². The van der Waals surface area contributed by atoms with Crippen molar-refractivity contribution in [2.75, 3.05) is 13.2 Å². The fraction of sp³-hybridized carbons (Fsp3) is 0.320. The molecule has 1 fully saturated rings. The summed E-state index contributed by atoms with van der Waals surface area (Å²) in [6.45, 7) is 2.78. The number of nitrogens with zero attached hydrogens (tertiary/aromatic N) is 1. The number of benzene rings is 1. The Kier molecular flexibility index (Phi) is 6.57. The Morgan fingerprint density at radius 3 is 2.58 bits per heavy atom. The minimum atomic E-state index is -0.592. The molecule has 2 atom stereocenters. The van der Waals surface area contributed by atoms with Crippen molar-refractivity contribution in [1.82, 2.24) is 10.3 Å². The van der Waals surface area contributed by atoms with E-state index in [0.29, 0.717) is 31.0 Å². The molecule has 3 aromatic rings. The molecule has 1 aromatic carbocycles. The van der Waals surface area contributed by atoms with Crippen LogP contribution in [0.4, 0.5) is 0 Å². The van der Waals surface area contributed by atoms with Gasteiger partial charge in [-0.15, -0.1) is 0 Å². The van der Waals surface area contributed by atoms with Crippen LogP contribution in [0.1, 0.15) is 32.8 Å². The zero-order valence-corrected chi connectivity index (χ0v) is 17.5. The molecule has 2 aromatic heterocycles. The van der Waals surface area contributed by atoms with Crippen molar-refractivity contribution in [3.63, 3.8) is 0 Å². The Hall–Kier alpha value is -3.25. The molecule has 0 saturated carbocycles. The van der Waals surface area contributed by atoms with E-state index in [-0.39, 0.29) is 17.5 Å². The van der Waals surface area contributed by atoms with Gasteiger partial charge in [0, 0.05) is 24.7 Å². The van der Waals surface area contributed by atoms with Crippen LogP contribution < -0.4 is 10.9 Å². The predicted octanol–water partition coefficient (Wildman–Crippen LogP) is 3.12. The Labute approximate surface area is 181 Å². The lowest BCUT2D eigenvalue weighted by molar-refractivity contribution is 0.0920. The SMILES string of the molecule is Cc1cc(CCc2ccccc2)oc(=O)c1C(=O)N[C@H]1COC[C@H]1Cc1ccncc1. The number of aromatic nitrogens is 1. The highest BCUT2D eigenvalue weighted by Crippen LogP contribution is 2.20. The van der Waals surface area contributed by atoms with Gasteiger partial charge in [-0.3, -0.25) is 9.78 Å². The molecule has 0 aliphatic carbocycles. The van der Waals surface area contributed by atoms with Gasteiger partial charge in [-0.1, -0.05) is 30.3 Å². The summed E-state index contributed by atoms with van der Waals surface area (Å²) >= 11 is 0. The van der Waals surface area contributed by atoms with Crippen molar-refractivity contribution in [2.45, 2.75) is 32.2 Å². The lowest BCUT2D eigenvalue weighted by atomic mass is 9.95. The van der Waals surface area contributed by atoms with E-state index < -0.39 is 11.5 Å². The van der Waals surface area contributed by atoms with E-state index in [1.165, 1.54) is 5.56 Å². The molecule has 0 unspecified atom stereocenters. The summed E-state index contributed by atoms with van der Waals surface area (Å²) in [5.74, 6) is 0.322. The van der Waals surface area contributed by atoms with Crippen LogP contribution in [0.3, 0.4) is 0 Å². The second-order valence-corrected chi connectivity index (χ2v) is 7.98. The van der Waals surface area contributed by atoms with Gasteiger partial charge >= 0.3 is 5.63 Å². The normalized spacial score (nSPS) is 18.1. The third-order valence-electron chi connectivity index (χ3n) is 5.69. The van der Waals surface area contributed by atoms with Gasteiger partial charge in [0.05, 0.1) is 19.3 Å². The highest BCUT2D eigenvalue weighted by molar-refractivity contribution is 5.95.